The van der Waals surface area contributed by atoms with E-state index in [1.165, 1.54) is 12.8 Å². The Morgan fingerprint density at radius 1 is 1.16 bits per heavy atom. The molecule has 1 fully saturated rings. The van der Waals surface area contributed by atoms with Crippen molar-refractivity contribution in [3.63, 3.8) is 0 Å². The Morgan fingerprint density at radius 2 is 1.79 bits per heavy atom. The van der Waals surface area contributed by atoms with Crippen molar-refractivity contribution in [3.05, 3.63) is 34.3 Å². The molecule has 4 nitrogen and oxygen atoms in total. The van der Waals surface area contributed by atoms with Gasteiger partial charge in [0, 0.05) is 17.6 Å². The molecular weight excluding hydrogens is 328 g/mol. The maximum atomic E-state index is 11.9. The Kier molecular flexibility index (Phi) is 5.38. The lowest BCUT2D eigenvalue weighted by molar-refractivity contribution is 0.344. The molecule has 0 radical (unpaired) electrons. The molecule has 2 rings (SSSR count). The molecule has 0 spiro atoms. The third-order valence-corrected chi connectivity index (χ3v) is 5.10. The summed E-state index contributed by atoms with van der Waals surface area (Å²) in [5.41, 5.74) is 0.803. The van der Waals surface area contributed by atoms with Crippen molar-refractivity contribution in [1.82, 2.24) is 9.62 Å². The number of halogens is 1. The average molecular weight is 347 g/mol. The number of nitrogens with one attached hydrogen (secondary N) is 1. The summed E-state index contributed by atoms with van der Waals surface area (Å²) in [6.45, 7) is 3.49. The van der Waals surface area contributed by atoms with Crippen LogP contribution < -0.4 is 4.72 Å². The molecule has 106 valence electrons. The first-order valence-corrected chi connectivity index (χ1v) is 8.94. The Morgan fingerprint density at radius 3 is 2.42 bits per heavy atom. The van der Waals surface area contributed by atoms with Crippen molar-refractivity contribution in [3.8, 4) is 0 Å². The highest BCUT2D eigenvalue weighted by Gasteiger charge is 2.14. The number of hydrogen-bond donors (Lipinski definition) is 1. The summed E-state index contributed by atoms with van der Waals surface area (Å²) in [5.74, 6) is 0.0419. The van der Waals surface area contributed by atoms with Crippen LogP contribution in [0, 0.1) is 0 Å². The highest BCUT2D eigenvalue weighted by atomic mass is 79.9. The van der Waals surface area contributed by atoms with Crippen molar-refractivity contribution in [2.45, 2.75) is 18.6 Å². The average Bonchev–Trinajstić information content (AvgIpc) is 2.85. The van der Waals surface area contributed by atoms with Crippen molar-refractivity contribution in [1.29, 1.82) is 0 Å². The van der Waals surface area contributed by atoms with E-state index < -0.39 is 10.0 Å². The lowest BCUT2D eigenvalue weighted by atomic mass is 10.2. The van der Waals surface area contributed by atoms with Crippen LogP contribution in [0.3, 0.4) is 0 Å². The van der Waals surface area contributed by atoms with Crippen LogP contribution in [0.2, 0.25) is 0 Å². The Labute approximate surface area is 123 Å². The molecule has 1 aliphatic heterocycles. The smallest absolute Gasteiger partial charge is 0.215 e. The van der Waals surface area contributed by atoms with Gasteiger partial charge >= 0.3 is 0 Å². The van der Waals surface area contributed by atoms with E-state index in [2.05, 4.69) is 25.6 Å². The molecule has 0 amide bonds. The SMILES string of the molecule is O=S(=O)(Cc1ccc(Br)cc1)NCCN1CCCC1. The van der Waals surface area contributed by atoms with Gasteiger partial charge in [-0.3, -0.25) is 0 Å². The maximum Gasteiger partial charge on any atom is 0.215 e. The minimum Gasteiger partial charge on any atom is -0.302 e. The van der Waals surface area contributed by atoms with E-state index in [0.717, 1.165) is 29.7 Å². The number of nitrogens with zero attached hydrogens (tertiary/aromatic N) is 1. The largest absolute Gasteiger partial charge is 0.302 e. The molecule has 1 saturated heterocycles. The predicted octanol–water partition coefficient (Wildman–Crippen LogP) is 1.96. The van der Waals surface area contributed by atoms with Gasteiger partial charge in [-0.05, 0) is 43.6 Å². The van der Waals surface area contributed by atoms with E-state index >= 15 is 0 Å². The van der Waals surface area contributed by atoms with Gasteiger partial charge in [0.1, 0.15) is 0 Å². The lowest BCUT2D eigenvalue weighted by Gasteiger charge is -2.14. The van der Waals surface area contributed by atoms with Crippen LogP contribution in [0.25, 0.3) is 0 Å². The van der Waals surface area contributed by atoms with Gasteiger partial charge in [-0.15, -0.1) is 0 Å². The second-order valence-electron chi connectivity index (χ2n) is 4.83. The molecule has 1 aliphatic rings. The lowest BCUT2D eigenvalue weighted by Crippen LogP contribution is -2.34. The first kappa shape index (κ1) is 15.0. The van der Waals surface area contributed by atoms with Crippen LogP contribution >= 0.6 is 15.9 Å². The summed E-state index contributed by atoms with van der Waals surface area (Å²) < 4.78 is 27.5. The van der Waals surface area contributed by atoms with Gasteiger partial charge in [0.15, 0.2) is 0 Å². The first-order valence-electron chi connectivity index (χ1n) is 6.49. The fraction of sp³-hybridized carbons (Fsp3) is 0.538. The molecule has 6 heteroatoms. The number of likely N-dealkylation sites (tertiary alicyclic amines) is 1. The van der Waals surface area contributed by atoms with Crippen LogP contribution in [0.5, 0.6) is 0 Å². The van der Waals surface area contributed by atoms with E-state index in [-0.39, 0.29) is 5.75 Å². The van der Waals surface area contributed by atoms with E-state index in [9.17, 15) is 8.42 Å². The molecule has 0 unspecified atom stereocenters. The number of hydrogen-bond acceptors (Lipinski definition) is 3. The second-order valence-corrected chi connectivity index (χ2v) is 7.55. The molecule has 0 aromatic heterocycles. The van der Waals surface area contributed by atoms with Gasteiger partial charge in [0.05, 0.1) is 5.75 Å². The number of benzene rings is 1. The monoisotopic (exact) mass is 346 g/mol. The van der Waals surface area contributed by atoms with Crippen LogP contribution in [-0.4, -0.2) is 39.5 Å². The zero-order valence-electron chi connectivity index (χ0n) is 10.8. The van der Waals surface area contributed by atoms with Crippen LogP contribution in [0.15, 0.2) is 28.7 Å². The normalized spacial score (nSPS) is 16.9. The van der Waals surface area contributed by atoms with Gasteiger partial charge in [-0.2, -0.15) is 0 Å². The summed E-state index contributed by atoms with van der Waals surface area (Å²) in [5, 5.41) is 0. The first-order chi connectivity index (χ1) is 9.05. The van der Waals surface area contributed by atoms with Gasteiger partial charge in [0.2, 0.25) is 10.0 Å². The highest BCUT2D eigenvalue weighted by Crippen LogP contribution is 2.12. The summed E-state index contributed by atoms with van der Waals surface area (Å²) in [6.07, 6.45) is 2.46. The minimum atomic E-state index is -3.23. The molecular formula is C13H19BrN2O2S. The van der Waals surface area contributed by atoms with Crippen molar-refractivity contribution in [2.24, 2.45) is 0 Å². The van der Waals surface area contributed by atoms with Crippen LogP contribution in [-0.2, 0) is 15.8 Å². The van der Waals surface area contributed by atoms with E-state index in [0.29, 0.717) is 6.54 Å². The van der Waals surface area contributed by atoms with E-state index in [4.69, 9.17) is 0 Å². The molecule has 0 aliphatic carbocycles. The maximum absolute atomic E-state index is 11.9. The minimum absolute atomic E-state index is 0.0419. The van der Waals surface area contributed by atoms with Crippen LogP contribution in [0.1, 0.15) is 18.4 Å². The summed E-state index contributed by atoms with van der Waals surface area (Å²) in [6, 6.07) is 7.36. The molecule has 1 heterocycles. The molecule has 0 atom stereocenters. The Balaban J connectivity index is 1.79. The molecule has 19 heavy (non-hydrogen) atoms. The molecule has 1 aromatic carbocycles. The van der Waals surface area contributed by atoms with E-state index in [1.807, 2.05) is 24.3 Å². The third-order valence-electron chi connectivity index (χ3n) is 3.22. The standard InChI is InChI=1S/C13H19BrN2O2S/c14-13-5-3-12(4-6-13)11-19(17,18)15-7-10-16-8-1-2-9-16/h3-6,15H,1-2,7-11H2. The summed E-state index contributed by atoms with van der Waals surface area (Å²) >= 11 is 3.33. The fourth-order valence-corrected chi connectivity index (χ4v) is 3.62. The topological polar surface area (TPSA) is 49.4 Å². The van der Waals surface area contributed by atoms with Gasteiger partial charge in [-0.25, -0.2) is 13.1 Å². The van der Waals surface area contributed by atoms with Gasteiger partial charge < -0.3 is 4.90 Å². The quantitative estimate of drug-likeness (QED) is 0.856. The zero-order valence-corrected chi connectivity index (χ0v) is 13.2. The zero-order chi connectivity index (χ0) is 13.7. The summed E-state index contributed by atoms with van der Waals surface area (Å²) in [4.78, 5) is 2.29. The fourth-order valence-electron chi connectivity index (χ4n) is 2.22. The molecule has 1 aromatic rings. The number of sulfonamides is 1. The summed E-state index contributed by atoms with van der Waals surface area (Å²) in [7, 11) is -3.23. The predicted molar refractivity (Wildman–Crippen MR) is 80.4 cm³/mol. The Bertz CT molecular complexity index is 496. The third kappa shape index (κ3) is 5.22. The van der Waals surface area contributed by atoms with Crippen molar-refractivity contribution >= 4 is 26.0 Å². The highest BCUT2D eigenvalue weighted by molar-refractivity contribution is 9.10. The van der Waals surface area contributed by atoms with Gasteiger partial charge in [-0.1, -0.05) is 28.1 Å². The van der Waals surface area contributed by atoms with Gasteiger partial charge in [0.25, 0.3) is 0 Å². The molecule has 1 N–H and O–H groups in total. The molecule has 0 saturated carbocycles. The Hall–Kier alpha value is -0.430. The molecule has 0 bridgehead atoms. The number of rotatable bonds is 6. The van der Waals surface area contributed by atoms with Crippen molar-refractivity contribution < 1.29 is 8.42 Å². The van der Waals surface area contributed by atoms with Crippen LogP contribution in [0.4, 0.5) is 0 Å². The van der Waals surface area contributed by atoms with Crippen molar-refractivity contribution in [2.75, 3.05) is 26.2 Å². The second kappa shape index (κ2) is 6.83. The van der Waals surface area contributed by atoms with E-state index in [1.54, 1.807) is 0 Å².